The first kappa shape index (κ1) is 22.2. The molecule has 0 aliphatic rings. The minimum atomic E-state index is -3.43. The summed E-state index contributed by atoms with van der Waals surface area (Å²) < 4.78 is 39.8. The van der Waals surface area contributed by atoms with Crippen molar-refractivity contribution >= 4 is 21.6 Å². The average molecular weight is 447 g/mol. The molecular formula is C20H21N3O7S. The molecule has 0 aliphatic heterocycles. The van der Waals surface area contributed by atoms with Crippen molar-refractivity contribution in [1.29, 1.82) is 0 Å². The molecule has 0 radical (unpaired) electrons. The molecule has 0 saturated heterocycles. The Morgan fingerprint density at radius 3 is 2.58 bits per heavy atom. The van der Waals surface area contributed by atoms with Gasteiger partial charge in [-0.15, -0.1) is 0 Å². The second kappa shape index (κ2) is 9.58. The number of hydrogen-bond donors (Lipinski definition) is 2. The molecule has 1 aromatic carbocycles. The maximum Gasteiger partial charge on any atom is 0.257 e. The third-order valence-corrected chi connectivity index (χ3v) is 5.70. The molecule has 2 heterocycles. The van der Waals surface area contributed by atoms with E-state index < -0.39 is 21.8 Å². The molecule has 11 heteroatoms. The van der Waals surface area contributed by atoms with E-state index in [0.717, 1.165) is 0 Å². The number of ether oxygens (including phenoxy) is 2. The zero-order valence-electron chi connectivity index (χ0n) is 16.8. The number of rotatable bonds is 9. The monoisotopic (exact) mass is 447 g/mol. The summed E-state index contributed by atoms with van der Waals surface area (Å²) in [6, 6.07) is 8.80. The number of aliphatic hydroxyl groups excluding tert-OH is 1. The van der Waals surface area contributed by atoms with Crippen LogP contribution in [0.2, 0.25) is 0 Å². The molecule has 0 saturated carbocycles. The molecule has 0 aliphatic carbocycles. The van der Waals surface area contributed by atoms with Gasteiger partial charge >= 0.3 is 0 Å². The van der Waals surface area contributed by atoms with Gasteiger partial charge in [-0.25, -0.2) is 13.4 Å². The smallest absolute Gasteiger partial charge is 0.257 e. The third-order valence-electron chi connectivity index (χ3n) is 4.06. The highest BCUT2D eigenvalue weighted by Crippen LogP contribution is 2.29. The van der Waals surface area contributed by atoms with Crippen molar-refractivity contribution in [2.24, 2.45) is 0 Å². The molecule has 3 rings (SSSR count). The van der Waals surface area contributed by atoms with Gasteiger partial charge < -0.3 is 24.4 Å². The van der Waals surface area contributed by atoms with Crippen molar-refractivity contribution < 1.29 is 32.3 Å². The zero-order valence-corrected chi connectivity index (χ0v) is 17.6. The van der Waals surface area contributed by atoms with Crippen molar-refractivity contribution in [3.05, 3.63) is 54.4 Å². The number of carbonyl (C=O) groups is 1. The Morgan fingerprint density at radius 2 is 1.97 bits per heavy atom. The molecule has 10 nitrogen and oxygen atoms in total. The van der Waals surface area contributed by atoms with E-state index in [1.165, 1.54) is 55.8 Å². The fourth-order valence-corrected chi connectivity index (χ4v) is 3.24. The van der Waals surface area contributed by atoms with Crippen LogP contribution in [-0.4, -0.2) is 48.0 Å². The number of hydrogen-bond acceptors (Lipinski definition) is 9. The molecule has 164 valence electrons. The van der Waals surface area contributed by atoms with Crippen molar-refractivity contribution in [3.8, 4) is 17.2 Å². The molecule has 31 heavy (non-hydrogen) atoms. The molecule has 2 aromatic heterocycles. The van der Waals surface area contributed by atoms with E-state index in [-0.39, 0.29) is 40.3 Å². The number of nitrogens with one attached hydrogen (secondary N) is 1. The summed E-state index contributed by atoms with van der Waals surface area (Å²) in [5.41, 5.74) is 0.207. The predicted molar refractivity (Wildman–Crippen MR) is 110 cm³/mol. The lowest BCUT2D eigenvalue weighted by molar-refractivity contribution is 0.102. The van der Waals surface area contributed by atoms with Gasteiger partial charge in [0.25, 0.3) is 5.91 Å². The number of pyridine rings is 1. The maximum absolute atomic E-state index is 12.6. The number of amides is 1. The minimum Gasteiger partial charge on any atom is -0.488 e. The van der Waals surface area contributed by atoms with Gasteiger partial charge in [0.05, 0.1) is 18.6 Å². The fraction of sp³-hybridized carbons (Fsp3) is 0.250. The van der Waals surface area contributed by atoms with Crippen LogP contribution in [0.25, 0.3) is 0 Å². The molecule has 2 N–H and O–H groups in total. The Hall–Kier alpha value is -3.44. The van der Waals surface area contributed by atoms with Gasteiger partial charge in [-0.2, -0.15) is 0 Å². The first-order valence-corrected chi connectivity index (χ1v) is 11.0. The van der Waals surface area contributed by atoms with Gasteiger partial charge in [-0.1, -0.05) is 12.1 Å². The Kier molecular flexibility index (Phi) is 6.88. The first-order chi connectivity index (χ1) is 14.8. The van der Waals surface area contributed by atoms with Crippen molar-refractivity contribution in [2.45, 2.75) is 25.0 Å². The Balaban J connectivity index is 1.87. The summed E-state index contributed by atoms with van der Waals surface area (Å²) in [7, 11) is -3.43. The molecule has 1 atom stereocenters. The molecule has 0 spiro atoms. The van der Waals surface area contributed by atoms with E-state index in [1.54, 1.807) is 6.92 Å². The van der Waals surface area contributed by atoms with Crippen LogP contribution in [0.3, 0.4) is 0 Å². The highest BCUT2D eigenvalue weighted by Gasteiger charge is 2.16. The number of aliphatic hydroxyl groups is 1. The summed E-state index contributed by atoms with van der Waals surface area (Å²) in [5.74, 6) is 0.503. The van der Waals surface area contributed by atoms with Gasteiger partial charge in [0, 0.05) is 17.7 Å². The van der Waals surface area contributed by atoms with E-state index in [9.17, 15) is 18.3 Å². The Bertz CT molecular complexity index is 1130. The predicted octanol–water partition coefficient (Wildman–Crippen LogP) is 2.67. The standard InChI is InChI=1S/C20H21N3O7S/c1-3-31(26,27)19-5-4-15(11-21-19)30-17-9-14(8-16(10-17)29-13(2)12-24)20(25)22-18-6-7-28-23-18/h4-11,13,24H,3,12H2,1-2H3,(H,22,23,25)/t13-/m0/s1. The normalized spacial score (nSPS) is 12.2. The largest absolute Gasteiger partial charge is 0.488 e. The Labute approximate surface area is 178 Å². The first-order valence-electron chi connectivity index (χ1n) is 9.31. The van der Waals surface area contributed by atoms with Gasteiger partial charge in [0.1, 0.15) is 29.6 Å². The SMILES string of the molecule is CCS(=O)(=O)c1ccc(Oc2cc(O[C@@H](C)CO)cc(C(=O)Nc3ccon3)c2)cn1. The number of anilines is 1. The van der Waals surface area contributed by atoms with Gasteiger partial charge in [0.2, 0.25) is 0 Å². The number of carbonyl (C=O) groups excluding carboxylic acids is 1. The van der Waals surface area contributed by atoms with E-state index in [1.807, 2.05) is 0 Å². The van der Waals surface area contributed by atoms with E-state index in [0.29, 0.717) is 5.75 Å². The summed E-state index contributed by atoms with van der Waals surface area (Å²) >= 11 is 0. The van der Waals surface area contributed by atoms with E-state index >= 15 is 0 Å². The van der Waals surface area contributed by atoms with Crippen LogP contribution in [-0.2, 0) is 9.84 Å². The van der Waals surface area contributed by atoms with Crippen LogP contribution in [0.4, 0.5) is 5.82 Å². The molecule has 1 amide bonds. The molecular weight excluding hydrogens is 426 g/mol. The number of aromatic nitrogens is 2. The lowest BCUT2D eigenvalue weighted by Gasteiger charge is -2.15. The van der Waals surface area contributed by atoms with E-state index in [4.69, 9.17) is 14.0 Å². The van der Waals surface area contributed by atoms with Gasteiger partial charge in [0.15, 0.2) is 20.7 Å². The second-order valence-corrected chi connectivity index (χ2v) is 8.71. The lowest BCUT2D eigenvalue weighted by Crippen LogP contribution is -2.17. The minimum absolute atomic E-state index is 0.0520. The number of benzene rings is 1. The van der Waals surface area contributed by atoms with Crippen molar-refractivity contribution in [2.75, 3.05) is 17.7 Å². The lowest BCUT2D eigenvalue weighted by atomic mass is 10.2. The van der Waals surface area contributed by atoms with Crippen LogP contribution in [0.1, 0.15) is 24.2 Å². The molecule has 0 unspecified atom stereocenters. The second-order valence-electron chi connectivity index (χ2n) is 6.48. The third kappa shape index (κ3) is 5.80. The van der Waals surface area contributed by atoms with Crippen LogP contribution in [0.15, 0.2) is 58.4 Å². The number of sulfone groups is 1. The van der Waals surface area contributed by atoms with Crippen LogP contribution >= 0.6 is 0 Å². The quantitative estimate of drug-likeness (QED) is 0.506. The van der Waals surface area contributed by atoms with Crippen molar-refractivity contribution in [1.82, 2.24) is 10.1 Å². The zero-order chi connectivity index (χ0) is 22.4. The van der Waals surface area contributed by atoms with Gasteiger partial charge in [-0.05, 0) is 31.2 Å². The Morgan fingerprint density at radius 1 is 1.19 bits per heavy atom. The molecule has 0 bridgehead atoms. The van der Waals surface area contributed by atoms with Gasteiger partial charge in [-0.3, -0.25) is 4.79 Å². The summed E-state index contributed by atoms with van der Waals surface area (Å²) in [4.78, 5) is 16.5. The van der Waals surface area contributed by atoms with Crippen LogP contribution < -0.4 is 14.8 Å². The number of nitrogens with zero attached hydrogens (tertiary/aromatic N) is 2. The summed E-state index contributed by atoms with van der Waals surface area (Å²) in [6.07, 6.45) is 2.09. The molecule has 0 fully saturated rings. The summed E-state index contributed by atoms with van der Waals surface area (Å²) in [5, 5.41) is 15.4. The van der Waals surface area contributed by atoms with Crippen LogP contribution in [0, 0.1) is 0 Å². The van der Waals surface area contributed by atoms with Crippen LogP contribution in [0.5, 0.6) is 17.2 Å². The fourth-order valence-electron chi connectivity index (χ4n) is 2.46. The summed E-state index contributed by atoms with van der Waals surface area (Å²) in [6.45, 7) is 2.98. The molecule has 3 aromatic rings. The maximum atomic E-state index is 12.6. The topological polar surface area (TPSA) is 141 Å². The highest BCUT2D eigenvalue weighted by molar-refractivity contribution is 7.91. The average Bonchev–Trinajstić information content (AvgIpc) is 3.27. The van der Waals surface area contributed by atoms with E-state index in [2.05, 4.69) is 15.5 Å². The van der Waals surface area contributed by atoms with Crippen molar-refractivity contribution in [3.63, 3.8) is 0 Å². The highest BCUT2D eigenvalue weighted by atomic mass is 32.2.